The maximum atomic E-state index is 12.5. The number of benzene rings is 1. The van der Waals surface area contributed by atoms with E-state index in [2.05, 4.69) is 5.32 Å². The molecule has 1 aliphatic heterocycles. The molecule has 1 unspecified atom stereocenters. The van der Waals surface area contributed by atoms with Crippen LogP contribution >= 0.6 is 23.2 Å². The van der Waals surface area contributed by atoms with Crippen LogP contribution in [0.2, 0.25) is 10.0 Å². The van der Waals surface area contributed by atoms with Crippen molar-refractivity contribution in [2.75, 3.05) is 20.1 Å². The van der Waals surface area contributed by atoms with Crippen molar-refractivity contribution < 1.29 is 4.79 Å². The first-order chi connectivity index (χ1) is 8.92. The number of hydrogen-bond acceptors (Lipinski definition) is 2. The van der Waals surface area contributed by atoms with E-state index < -0.39 is 0 Å². The van der Waals surface area contributed by atoms with E-state index in [9.17, 15) is 4.79 Å². The molecule has 0 aromatic heterocycles. The van der Waals surface area contributed by atoms with Crippen molar-refractivity contribution in [1.82, 2.24) is 10.2 Å². The molecular formula is C14H18Cl2N2O. The Balaban J connectivity index is 2.06. The molecule has 0 saturated carbocycles. The van der Waals surface area contributed by atoms with Crippen LogP contribution in [-0.2, 0) is 11.3 Å². The van der Waals surface area contributed by atoms with E-state index in [0.29, 0.717) is 16.6 Å². The molecule has 3 nitrogen and oxygen atoms in total. The van der Waals surface area contributed by atoms with Crippen LogP contribution in [0.15, 0.2) is 18.2 Å². The highest BCUT2D eigenvalue weighted by atomic mass is 35.5. The minimum Gasteiger partial charge on any atom is -0.341 e. The molecule has 1 aromatic rings. The van der Waals surface area contributed by atoms with Gasteiger partial charge in [-0.25, -0.2) is 0 Å². The Labute approximate surface area is 123 Å². The average molecular weight is 301 g/mol. The fraction of sp³-hybridized carbons (Fsp3) is 0.500. The molecule has 2 rings (SSSR count). The fourth-order valence-electron chi connectivity index (χ4n) is 2.44. The van der Waals surface area contributed by atoms with Crippen molar-refractivity contribution in [2.45, 2.75) is 19.9 Å². The van der Waals surface area contributed by atoms with Gasteiger partial charge in [0.1, 0.15) is 0 Å². The Kier molecular flexibility index (Phi) is 4.39. The number of halogens is 2. The highest BCUT2D eigenvalue weighted by Crippen LogP contribution is 2.28. The van der Waals surface area contributed by atoms with Crippen LogP contribution in [-0.4, -0.2) is 30.9 Å². The van der Waals surface area contributed by atoms with E-state index in [4.69, 9.17) is 23.2 Å². The van der Waals surface area contributed by atoms with Crippen LogP contribution in [0.25, 0.3) is 0 Å². The topological polar surface area (TPSA) is 32.3 Å². The molecule has 0 radical (unpaired) electrons. The number of hydrogen-bond donors (Lipinski definition) is 1. The molecule has 0 aliphatic carbocycles. The van der Waals surface area contributed by atoms with E-state index in [1.165, 1.54) is 0 Å². The van der Waals surface area contributed by atoms with Crippen molar-refractivity contribution in [3.05, 3.63) is 33.8 Å². The van der Waals surface area contributed by atoms with Gasteiger partial charge in [-0.2, -0.15) is 0 Å². The van der Waals surface area contributed by atoms with E-state index in [1.807, 2.05) is 26.1 Å². The van der Waals surface area contributed by atoms with E-state index >= 15 is 0 Å². The van der Waals surface area contributed by atoms with Gasteiger partial charge in [0.15, 0.2) is 0 Å². The largest absolute Gasteiger partial charge is 0.341 e. The summed E-state index contributed by atoms with van der Waals surface area (Å²) in [6.45, 7) is 4.21. The summed E-state index contributed by atoms with van der Waals surface area (Å²) in [5, 5.41) is 4.30. The van der Waals surface area contributed by atoms with Crippen LogP contribution in [0.1, 0.15) is 18.9 Å². The van der Waals surface area contributed by atoms with Crippen molar-refractivity contribution in [3.8, 4) is 0 Å². The van der Waals surface area contributed by atoms with E-state index in [0.717, 1.165) is 25.1 Å². The third kappa shape index (κ3) is 3.22. The van der Waals surface area contributed by atoms with Gasteiger partial charge in [-0.05, 0) is 37.6 Å². The molecule has 1 N–H and O–H groups in total. The number of carbonyl (C=O) groups excluding carboxylic acids is 1. The maximum Gasteiger partial charge on any atom is 0.229 e. The Hall–Kier alpha value is -0.770. The molecule has 1 fully saturated rings. The summed E-state index contributed by atoms with van der Waals surface area (Å²) in [5.74, 6) is 0.170. The summed E-state index contributed by atoms with van der Waals surface area (Å²) in [4.78, 5) is 14.2. The monoisotopic (exact) mass is 300 g/mol. The van der Waals surface area contributed by atoms with Gasteiger partial charge in [0.25, 0.3) is 0 Å². The zero-order valence-electron chi connectivity index (χ0n) is 11.2. The van der Waals surface area contributed by atoms with Gasteiger partial charge in [0, 0.05) is 20.1 Å². The van der Waals surface area contributed by atoms with Crippen LogP contribution in [0, 0.1) is 5.41 Å². The lowest BCUT2D eigenvalue weighted by molar-refractivity contribution is -0.139. The minimum absolute atomic E-state index is 0.170. The highest BCUT2D eigenvalue weighted by molar-refractivity contribution is 6.42. The molecule has 0 spiro atoms. The Bertz CT molecular complexity index is 484. The molecule has 5 heteroatoms. The zero-order chi connectivity index (χ0) is 14.0. The first kappa shape index (κ1) is 14.6. The van der Waals surface area contributed by atoms with Gasteiger partial charge in [-0.15, -0.1) is 0 Å². The highest BCUT2D eigenvalue weighted by Gasteiger charge is 2.38. The number of rotatable bonds is 3. The Morgan fingerprint density at radius 1 is 1.42 bits per heavy atom. The van der Waals surface area contributed by atoms with Gasteiger partial charge in [0.05, 0.1) is 15.5 Å². The first-order valence-electron chi connectivity index (χ1n) is 6.32. The molecule has 1 saturated heterocycles. The molecular weight excluding hydrogens is 283 g/mol. The van der Waals surface area contributed by atoms with E-state index in [-0.39, 0.29) is 11.3 Å². The number of carbonyl (C=O) groups is 1. The van der Waals surface area contributed by atoms with Crippen molar-refractivity contribution in [2.24, 2.45) is 5.41 Å². The number of nitrogens with one attached hydrogen (secondary N) is 1. The lowest BCUT2D eigenvalue weighted by Crippen LogP contribution is -2.41. The van der Waals surface area contributed by atoms with Crippen LogP contribution in [0.3, 0.4) is 0 Å². The predicted molar refractivity (Wildman–Crippen MR) is 78.5 cm³/mol. The summed E-state index contributed by atoms with van der Waals surface area (Å²) in [7, 11) is 1.83. The van der Waals surface area contributed by atoms with Gasteiger partial charge in [0.2, 0.25) is 5.91 Å². The third-order valence-electron chi connectivity index (χ3n) is 3.64. The second-order valence-electron chi connectivity index (χ2n) is 5.40. The lowest BCUT2D eigenvalue weighted by atomic mass is 9.88. The maximum absolute atomic E-state index is 12.5. The Morgan fingerprint density at radius 2 is 2.16 bits per heavy atom. The molecule has 1 atom stereocenters. The molecule has 104 valence electrons. The quantitative estimate of drug-likeness (QED) is 0.931. The van der Waals surface area contributed by atoms with Gasteiger partial charge in [-0.1, -0.05) is 29.3 Å². The summed E-state index contributed by atoms with van der Waals surface area (Å²) < 4.78 is 0. The molecule has 1 aromatic carbocycles. The normalized spacial score (nSPS) is 22.5. The predicted octanol–water partition coefficient (Wildman–Crippen LogP) is 2.95. The van der Waals surface area contributed by atoms with Crippen LogP contribution in [0.5, 0.6) is 0 Å². The number of amides is 1. The number of nitrogens with zero attached hydrogens (tertiary/aromatic N) is 1. The van der Waals surface area contributed by atoms with Crippen molar-refractivity contribution in [3.63, 3.8) is 0 Å². The SMILES string of the molecule is CN(Cc1ccc(Cl)c(Cl)c1)C(=O)C1(C)CCNC1. The van der Waals surface area contributed by atoms with Gasteiger partial charge < -0.3 is 10.2 Å². The second-order valence-corrected chi connectivity index (χ2v) is 6.21. The summed E-state index contributed by atoms with van der Waals surface area (Å²) in [6.07, 6.45) is 0.886. The second kappa shape index (κ2) is 5.70. The first-order valence-corrected chi connectivity index (χ1v) is 7.08. The summed E-state index contributed by atoms with van der Waals surface area (Å²) >= 11 is 11.9. The van der Waals surface area contributed by atoms with Gasteiger partial charge in [-0.3, -0.25) is 4.79 Å². The Morgan fingerprint density at radius 3 is 2.74 bits per heavy atom. The average Bonchev–Trinajstić information content (AvgIpc) is 2.81. The molecule has 0 bridgehead atoms. The lowest BCUT2D eigenvalue weighted by Gasteiger charge is -2.28. The third-order valence-corrected chi connectivity index (χ3v) is 4.37. The van der Waals surface area contributed by atoms with Crippen LogP contribution < -0.4 is 5.32 Å². The standard InChI is InChI=1S/C14H18Cl2N2O/c1-14(5-6-17-9-14)13(19)18(2)8-10-3-4-11(15)12(16)7-10/h3-4,7,17H,5-6,8-9H2,1-2H3. The van der Waals surface area contributed by atoms with Crippen molar-refractivity contribution in [1.29, 1.82) is 0 Å². The molecule has 1 aliphatic rings. The smallest absolute Gasteiger partial charge is 0.229 e. The fourth-order valence-corrected chi connectivity index (χ4v) is 2.76. The van der Waals surface area contributed by atoms with Gasteiger partial charge >= 0.3 is 0 Å². The molecule has 1 amide bonds. The molecule has 19 heavy (non-hydrogen) atoms. The van der Waals surface area contributed by atoms with Crippen LogP contribution in [0.4, 0.5) is 0 Å². The molecule has 1 heterocycles. The van der Waals surface area contributed by atoms with Crippen molar-refractivity contribution >= 4 is 29.1 Å². The minimum atomic E-state index is -0.287. The zero-order valence-corrected chi connectivity index (χ0v) is 12.7. The summed E-state index contributed by atoms with van der Waals surface area (Å²) in [5.41, 5.74) is 0.699. The van der Waals surface area contributed by atoms with E-state index in [1.54, 1.807) is 11.0 Å². The summed E-state index contributed by atoms with van der Waals surface area (Å²) in [6, 6.07) is 5.46.